The molecule has 1 aliphatic carbocycles. The van der Waals surface area contributed by atoms with E-state index in [2.05, 4.69) is 13.0 Å². The normalized spacial score (nSPS) is 24.0. The van der Waals surface area contributed by atoms with Gasteiger partial charge in [0, 0.05) is 34.6 Å². The lowest BCUT2D eigenvalue weighted by Crippen LogP contribution is -2.35. The molecule has 0 N–H and O–H groups in total. The van der Waals surface area contributed by atoms with Gasteiger partial charge in [-0.05, 0) is 103 Å². The van der Waals surface area contributed by atoms with Crippen LogP contribution in [0.1, 0.15) is 66.6 Å². The van der Waals surface area contributed by atoms with Crippen LogP contribution in [-0.2, 0) is 10.0 Å². The molecule has 1 saturated heterocycles. The Labute approximate surface area is 257 Å². The summed E-state index contributed by atoms with van der Waals surface area (Å²) in [7, 11) is -3.59. The van der Waals surface area contributed by atoms with E-state index in [1.54, 1.807) is 29.3 Å². The Hall–Kier alpha value is -2.97. The molecule has 3 aromatic rings. The maximum atomic E-state index is 14.1. The highest BCUT2D eigenvalue weighted by Crippen LogP contribution is 2.46. The van der Waals surface area contributed by atoms with E-state index in [4.69, 9.17) is 28.3 Å². The minimum atomic E-state index is -3.59. The molecular formula is C33H33Cl2N3O3S. The monoisotopic (exact) mass is 621 g/mol. The van der Waals surface area contributed by atoms with Crippen molar-refractivity contribution in [1.29, 1.82) is 0 Å². The number of hydrogen-bond donors (Lipinski definition) is 0. The molecule has 6 nitrogen and oxygen atoms in total. The van der Waals surface area contributed by atoms with Crippen LogP contribution in [0, 0.1) is 11.8 Å². The van der Waals surface area contributed by atoms with Crippen molar-refractivity contribution in [2.24, 2.45) is 16.9 Å². The van der Waals surface area contributed by atoms with E-state index < -0.39 is 10.0 Å². The number of rotatable bonds is 5. The van der Waals surface area contributed by atoms with Crippen LogP contribution in [0.5, 0.6) is 0 Å². The molecule has 6 rings (SSSR count). The van der Waals surface area contributed by atoms with E-state index in [0.717, 1.165) is 54.5 Å². The van der Waals surface area contributed by atoms with Gasteiger partial charge in [-0.1, -0.05) is 60.8 Å². The van der Waals surface area contributed by atoms with Crippen LogP contribution in [0.2, 0.25) is 10.0 Å². The summed E-state index contributed by atoms with van der Waals surface area (Å²) in [5.74, 6) is 0.144. The molecule has 2 heterocycles. The lowest BCUT2D eigenvalue weighted by molar-refractivity contribution is 0.0676. The zero-order valence-electron chi connectivity index (χ0n) is 23.4. The zero-order valence-corrected chi connectivity index (χ0v) is 25.7. The largest absolute Gasteiger partial charge is 0.274 e. The molecule has 42 heavy (non-hydrogen) atoms. The number of carbonyl (C=O) groups is 1. The number of carbonyl (C=O) groups excluding carboxylic acids is 1. The Bertz CT molecular complexity index is 1630. The number of benzene rings is 3. The Morgan fingerprint density at radius 1 is 0.881 bits per heavy atom. The van der Waals surface area contributed by atoms with Gasteiger partial charge in [0.1, 0.15) is 0 Å². The third-order valence-corrected chi connectivity index (χ3v) is 10.9. The zero-order chi connectivity index (χ0) is 29.4. The number of fused-ring (bicyclic) bond motifs is 1. The van der Waals surface area contributed by atoms with Crippen LogP contribution in [0.25, 0.3) is 6.08 Å². The molecule has 0 aromatic heterocycles. The first-order valence-electron chi connectivity index (χ1n) is 14.4. The van der Waals surface area contributed by atoms with Crippen molar-refractivity contribution in [2.75, 3.05) is 13.1 Å². The highest BCUT2D eigenvalue weighted by Gasteiger charge is 2.45. The number of amides is 1. The molecule has 0 radical (unpaired) electrons. The lowest BCUT2D eigenvalue weighted by atomic mass is 9.73. The SMILES string of the molecule is C[C@@H]1C/C(=C\c2ccc(Cl)cc2)C2=NN(C(=O)c3ccc(S(=O)(=O)N4CCCCC4)cc3)[C@H](c3ccc(Cl)cc3)[C@@H]2C1. The molecule has 0 bridgehead atoms. The highest BCUT2D eigenvalue weighted by atomic mass is 35.5. The number of nitrogens with zero attached hydrogens (tertiary/aromatic N) is 3. The number of piperidine rings is 1. The molecule has 0 spiro atoms. The van der Waals surface area contributed by atoms with E-state index in [-0.39, 0.29) is 22.8 Å². The van der Waals surface area contributed by atoms with Gasteiger partial charge >= 0.3 is 0 Å². The smallest absolute Gasteiger partial charge is 0.267 e. The van der Waals surface area contributed by atoms with E-state index in [1.165, 1.54) is 4.31 Å². The number of hydrazone groups is 1. The second kappa shape index (κ2) is 12.0. The van der Waals surface area contributed by atoms with Crippen molar-refractivity contribution >= 4 is 50.9 Å². The number of allylic oxidation sites excluding steroid dienone is 1. The minimum Gasteiger partial charge on any atom is -0.267 e. The molecule has 3 aliphatic rings. The molecule has 9 heteroatoms. The van der Waals surface area contributed by atoms with Crippen molar-refractivity contribution in [3.8, 4) is 0 Å². The number of sulfonamides is 1. The molecule has 3 atom stereocenters. The van der Waals surface area contributed by atoms with Crippen LogP contribution in [0.15, 0.2) is 88.4 Å². The van der Waals surface area contributed by atoms with Crippen molar-refractivity contribution in [3.05, 3.63) is 105 Å². The molecule has 0 unspecified atom stereocenters. The van der Waals surface area contributed by atoms with Crippen LogP contribution in [0.4, 0.5) is 0 Å². The average Bonchev–Trinajstić information content (AvgIpc) is 3.38. The molecular weight excluding hydrogens is 589 g/mol. The first-order valence-corrected chi connectivity index (χ1v) is 16.6. The summed E-state index contributed by atoms with van der Waals surface area (Å²) in [6.07, 6.45) is 6.67. The summed E-state index contributed by atoms with van der Waals surface area (Å²) < 4.78 is 27.9. The van der Waals surface area contributed by atoms with Gasteiger partial charge in [-0.15, -0.1) is 0 Å². The summed E-state index contributed by atoms with van der Waals surface area (Å²) in [6, 6.07) is 21.3. The van der Waals surface area contributed by atoms with Crippen molar-refractivity contribution in [3.63, 3.8) is 0 Å². The number of hydrogen-bond acceptors (Lipinski definition) is 4. The van der Waals surface area contributed by atoms with Gasteiger partial charge in [0.15, 0.2) is 0 Å². The maximum absolute atomic E-state index is 14.1. The van der Waals surface area contributed by atoms with Gasteiger partial charge in [-0.2, -0.15) is 9.41 Å². The van der Waals surface area contributed by atoms with E-state index in [1.807, 2.05) is 48.5 Å². The molecule has 2 aliphatic heterocycles. The maximum Gasteiger partial charge on any atom is 0.274 e. The third-order valence-electron chi connectivity index (χ3n) is 8.45. The predicted octanol–water partition coefficient (Wildman–Crippen LogP) is 7.85. The van der Waals surface area contributed by atoms with Crippen LogP contribution < -0.4 is 0 Å². The quantitative estimate of drug-likeness (QED) is 0.291. The summed E-state index contributed by atoms with van der Waals surface area (Å²) in [5, 5.41) is 7.88. The minimum absolute atomic E-state index is 0.0104. The Morgan fingerprint density at radius 2 is 1.50 bits per heavy atom. The second-order valence-electron chi connectivity index (χ2n) is 11.5. The molecule has 1 amide bonds. The van der Waals surface area contributed by atoms with Crippen LogP contribution in [0.3, 0.4) is 0 Å². The Kier molecular flexibility index (Phi) is 8.29. The van der Waals surface area contributed by atoms with Crippen molar-refractivity contribution < 1.29 is 13.2 Å². The van der Waals surface area contributed by atoms with Gasteiger partial charge in [-0.25, -0.2) is 13.4 Å². The Morgan fingerprint density at radius 3 is 2.14 bits per heavy atom. The summed E-state index contributed by atoms with van der Waals surface area (Å²) in [6.45, 7) is 3.29. The fraction of sp³-hybridized carbons (Fsp3) is 0.333. The van der Waals surface area contributed by atoms with Gasteiger partial charge in [-0.3, -0.25) is 4.79 Å². The van der Waals surface area contributed by atoms with Crippen LogP contribution >= 0.6 is 23.2 Å². The van der Waals surface area contributed by atoms with Crippen molar-refractivity contribution in [1.82, 2.24) is 9.31 Å². The highest BCUT2D eigenvalue weighted by molar-refractivity contribution is 7.89. The van der Waals surface area contributed by atoms with Gasteiger partial charge in [0.2, 0.25) is 10.0 Å². The van der Waals surface area contributed by atoms with E-state index in [9.17, 15) is 13.2 Å². The third kappa shape index (κ3) is 5.80. The first-order chi connectivity index (χ1) is 20.2. The van der Waals surface area contributed by atoms with Crippen LogP contribution in [-0.4, -0.2) is 42.4 Å². The molecule has 3 aromatic carbocycles. The summed E-state index contributed by atoms with van der Waals surface area (Å²) in [5.41, 5.74) is 4.41. The summed E-state index contributed by atoms with van der Waals surface area (Å²) >= 11 is 12.3. The fourth-order valence-electron chi connectivity index (χ4n) is 6.37. The fourth-order valence-corrected chi connectivity index (χ4v) is 8.14. The molecule has 1 saturated carbocycles. The molecule has 218 valence electrons. The number of halogens is 2. The van der Waals surface area contributed by atoms with Crippen molar-refractivity contribution in [2.45, 2.75) is 50.0 Å². The summed E-state index contributed by atoms with van der Waals surface area (Å²) in [4.78, 5) is 14.3. The van der Waals surface area contributed by atoms with Gasteiger partial charge in [0.25, 0.3) is 5.91 Å². The van der Waals surface area contributed by atoms with Gasteiger partial charge in [0.05, 0.1) is 16.6 Å². The lowest BCUT2D eigenvalue weighted by Gasteiger charge is -2.32. The van der Waals surface area contributed by atoms with E-state index >= 15 is 0 Å². The standard InChI is InChI=1S/C33H33Cl2N3O3S/c1-22-19-26(21-23-5-11-27(34)12-6-23)31-30(20-22)32(24-7-13-28(35)14-8-24)38(36-31)33(39)25-9-15-29(16-10-25)42(40,41)37-17-3-2-4-18-37/h5-16,21-22,30,32H,2-4,17-20H2,1H3/b26-21+/t22-,30-,32-/m1/s1. The van der Waals surface area contributed by atoms with Gasteiger partial charge < -0.3 is 0 Å². The first kappa shape index (κ1) is 29.1. The van der Waals surface area contributed by atoms with E-state index in [0.29, 0.717) is 34.6 Å². The second-order valence-corrected chi connectivity index (χ2v) is 14.3. The molecule has 2 fully saturated rings. The Balaban J connectivity index is 1.36. The average molecular weight is 623 g/mol. The topological polar surface area (TPSA) is 70.0 Å². The predicted molar refractivity (Wildman–Crippen MR) is 168 cm³/mol.